The lowest BCUT2D eigenvalue weighted by atomic mass is 10.1. The van der Waals surface area contributed by atoms with Crippen molar-refractivity contribution < 1.29 is 29.0 Å². The van der Waals surface area contributed by atoms with Crippen LogP contribution in [0.4, 0.5) is 11.4 Å². The van der Waals surface area contributed by atoms with Crippen molar-refractivity contribution >= 4 is 34.9 Å². The molecule has 0 radical (unpaired) electrons. The lowest BCUT2D eigenvalue weighted by molar-refractivity contribution is -0.385. The number of ketones is 1. The van der Waals surface area contributed by atoms with Gasteiger partial charge in [-0.2, -0.15) is 5.01 Å². The van der Waals surface area contributed by atoms with Gasteiger partial charge in [-0.25, -0.2) is 5.01 Å². The van der Waals surface area contributed by atoms with Gasteiger partial charge in [-0.05, 0) is 30.7 Å². The third-order valence-electron chi connectivity index (χ3n) is 4.75. The maximum absolute atomic E-state index is 13.1. The number of hydrazine groups is 1. The standard InChI is InChI=1S/C20H16N4O8/c25-17(13-4-8-15(9-5-13)23(29)30)12-21(22-18(26)2-1-3-19(22)27)20(28)14-6-10-16(11-7-14)24(31)32/h4-11H,1-3,12H2. The number of hydrogen-bond acceptors (Lipinski definition) is 8. The zero-order valence-electron chi connectivity index (χ0n) is 16.5. The summed E-state index contributed by atoms with van der Waals surface area (Å²) in [6, 6.07) is 9.13. The fourth-order valence-electron chi connectivity index (χ4n) is 3.12. The number of imide groups is 1. The van der Waals surface area contributed by atoms with E-state index in [4.69, 9.17) is 0 Å². The molecule has 2 aromatic rings. The number of piperidine rings is 1. The summed E-state index contributed by atoms with van der Waals surface area (Å²) in [6.07, 6.45) is 0.313. The van der Waals surface area contributed by atoms with Gasteiger partial charge < -0.3 is 0 Å². The molecule has 0 N–H and O–H groups in total. The van der Waals surface area contributed by atoms with Crippen molar-refractivity contribution in [2.24, 2.45) is 0 Å². The first-order valence-corrected chi connectivity index (χ1v) is 9.38. The number of nitro benzene ring substituents is 2. The predicted molar refractivity (Wildman–Crippen MR) is 107 cm³/mol. The largest absolute Gasteiger partial charge is 0.292 e. The molecular weight excluding hydrogens is 424 g/mol. The number of nitrogens with zero attached hydrogens (tertiary/aromatic N) is 4. The number of nitro groups is 2. The highest BCUT2D eigenvalue weighted by Crippen LogP contribution is 2.20. The molecule has 1 heterocycles. The minimum atomic E-state index is -0.876. The minimum absolute atomic E-state index is 0.00149. The average molecular weight is 440 g/mol. The summed E-state index contributed by atoms with van der Waals surface area (Å²) >= 11 is 0. The Labute approximate surface area is 180 Å². The van der Waals surface area contributed by atoms with Crippen molar-refractivity contribution in [2.75, 3.05) is 6.54 Å². The molecule has 32 heavy (non-hydrogen) atoms. The summed E-state index contributed by atoms with van der Waals surface area (Å²) in [6.45, 7) is -0.689. The van der Waals surface area contributed by atoms with Gasteiger partial charge in [0.25, 0.3) is 17.3 Å². The van der Waals surface area contributed by atoms with Crippen molar-refractivity contribution in [1.82, 2.24) is 10.0 Å². The van der Waals surface area contributed by atoms with E-state index in [0.717, 1.165) is 36.4 Å². The number of Topliss-reactive ketones (excluding diaryl/α,β-unsaturated/α-hetero) is 1. The topological polar surface area (TPSA) is 161 Å². The van der Waals surface area contributed by atoms with Crippen LogP contribution in [-0.4, -0.2) is 49.9 Å². The van der Waals surface area contributed by atoms with Gasteiger partial charge in [-0.15, -0.1) is 0 Å². The van der Waals surface area contributed by atoms with Crippen LogP contribution in [-0.2, 0) is 9.59 Å². The van der Waals surface area contributed by atoms with Crippen LogP contribution in [0.15, 0.2) is 48.5 Å². The van der Waals surface area contributed by atoms with Crippen LogP contribution in [0.5, 0.6) is 0 Å². The SMILES string of the molecule is O=C(CN(C(=O)c1ccc([N+](=O)[O-])cc1)N1C(=O)CCCC1=O)c1ccc([N+](=O)[O-])cc1. The number of non-ortho nitro benzene ring substituents is 2. The van der Waals surface area contributed by atoms with Gasteiger partial charge in [0.05, 0.1) is 9.85 Å². The Morgan fingerprint density at radius 2 is 1.25 bits per heavy atom. The second-order valence-corrected chi connectivity index (χ2v) is 6.85. The van der Waals surface area contributed by atoms with E-state index in [9.17, 15) is 39.4 Å². The monoisotopic (exact) mass is 440 g/mol. The Bertz CT molecular complexity index is 1100. The van der Waals surface area contributed by atoms with E-state index in [1.807, 2.05) is 0 Å². The molecule has 12 nitrogen and oxygen atoms in total. The normalized spacial score (nSPS) is 13.6. The number of rotatable bonds is 7. The first-order valence-electron chi connectivity index (χ1n) is 9.38. The van der Waals surface area contributed by atoms with Crippen LogP contribution in [0.1, 0.15) is 40.0 Å². The van der Waals surface area contributed by atoms with E-state index in [1.165, 1.54) is 12.1 Å². The lowest BCUT2D eigenvalue weighted by Crippen LogP contribution is -2.56. The molecule has 164 valence electrons. The zero-order valence-corrected chi connectivity index (χ0v) is 16.5. The maximum Gasteiger partial charge on any atom is 0.273 e. The number of benzene rings is 2. The molecule has 0 aliphatic carbocycles. The van der Waals surface area contributed by atoms with Crippen molar-refractivity contribution in [2.45, 2.75) is 19.3 Å². The fraction of sp³-hybridized carbons (Fsp3) is 0.200. The zero-order chi connectivity index (χ0) is 23.4. The highest BCUT2D eigenvalue weighted by atomic mass is 16.6. The molecule has 0 spiro atoms. The lowest BCUT2D eigenvalue weighted by Gasteiger charge is -2.35. The van der Waals surface area contributed by atoms with Gasteiger partial charge in [-0.3, -0.25) is 39.4 Å². The molecule has 1 aliphatic heterocycles. The van der Waals surface area contributed by atoms with E-state index >= 15 is 0 Å². The molecule has 0 atom stereocenters. The van der Waals surface area contributed by atoms with Gasteiger partial charge in [0.1, 0.15) is 6.54 Å². The predicted octanol–water partition coefficient (Wildman–Crippen LogP) is 2.28. The molecule has 1 saturated heterocycles. The number of amides is 3. The van der Waals surface area contributed by atoms with Crippen LogP contribution in [0.25, 0.3) is 0 Å². The molecule has 2 aromatic carbocycles. The Balaban J connectivity index is 1.93. The Hall–Kier alpha value is -4.48. The second-order valence-electron chi connectivity index (χ2n) is 6.85. The number of hydrogen-bond donors (Lipinski definition) is 0. The minimum Gasteiger partial charge on any atom is -0.292 e. The Morgan fingerprint density at radius 3 is 1.69 bits per heavy atom. The summed E-state index contributed by atoms with van der Waals surface area (Å²) in [4.78, 5) is 71.0. The molecule has 0 bridgehead atoms. The molecule has 1 fully saturated rings. The number of carbonyl (C=O) groups excluding carboxylic acids is 4. The highest BCUT2D eigenvalue weighted by molar-refractivity contribution is 6.06. The van der Waals surface area contributed by atoms with E-state index in [1.54, 1.807) is 0 Å². The molecule has 3 rings (SSSR count). The van der Waals surface area contributed by atoms with Crippen molar-refractivity contribution in [3.8, 4) is 0 Å². The van der Waals surface area contributed by atoms with Gasteiger partial charge in [0.15, 0.2) is 5.78 Å². The number of carbonyl (C=O) groups is 4. The van der Waals surface area contributed by atoms with Gasteiger partial charge >= 0.3 is 0 Å². The first-order chi connectivity index (χ1) is 15.2. The Kier molecular flexibility index (Phi) is 6.33. The van der Waals surface area contributed by atoms with Crippen LogP contribution >= 0.6 is 0 Å². The fourth-order valence-corrected chi connectivity index (χ4v) is 3.12. The summed E-state index contributed by atoms with van der Waals surface area (Å²) < 4.78 is 0. The maximum atomic E-state index is 13.1. The highest BCUT2D eigenvalue weighted by Gasteiger charge is 2.36. The molecule has 12 heteroatoms. The van der Waals surface area contributed by atoms with Gasteiger partial charge in [0.2, 0.25) is 11.8 Å². The third-order valence-corrected chi connectivity index (χ3v) is 4.75. The molecule has 3 amide bonds. The molecule has 0 saturated carbocycles. The summed E-state index contributed by atoms with van der Waals surface area (Å²) in [7, 11) is 0. The van der Waals surface area contributed by atoms with E-state index in [2.05, 4.69) is 0 Å². The Morgan fingerprint density at radius 1 is 0.812 bits per heavy atom. The van der Waals surface area contributed by atoms with Crippen molar-refractivity contribution in [3.63, 3.8) is 0 Å². The van der Waals surface area contributed by atoms with E-state index in [-0.39, 0.29) is 35.3 Å². The van der Waals surface area contributed by atoms with Gasteiger partial charge in [0, 0.05) is 48.2 Å². The molecular formula is C20H16N4O8. The molecule has 1 aliphatic rings. The first kappa shape index (κ1) is 22.2. The van der Waals surface area contributed by atoms with E-state index in [0.29, 0.717) is 16.4 Å². The summed E-state index contributed by atoms with van der Waals surface area (Å²) in [5.41, 5.74) is -0.533. The summed E-state index contributed by atoms with van der Waals surface area (Å²) in [5, 5.41) is 23.0. The third kappa shape index (κ3) is 4.64. The molecule has 0 unspecified atom stereocenters. The summed E-state index contributed by atoms with van der Waals surface area (Å²) in [5.74, 6) is -2.86. The van der Waals surface area contributed by atoms with Gasteiger partial charge in [-0.1, -0.05) is 0 Å². The smallest absolute Gasteiger partial charge is 0.273 e. The van der Waals surface area contributed by atoms with Crippen molar-refractivity contribution in [1.29, 1.82) is 0 Å². The second kappa shape index (κ2) is 9.12. The molecule has 0 aromatic heterocycles. The van der Waals surface area contributed by atoms with Crippen molar-refractivity contribution in [3.05, 3.63) is 79.9 Å². The van der Waals surface area contributed by atoms with Crippen LogP contribution in [0.3, 0.4) is 0 Å². The van der Waals surface area contributed by atoms with Crippen LogP contribution < -0.4 is 0 Å². The van der Waals surface area contributed by atoms with E-state index < -0.39 is 39.9 Å². The van der Waals surface area contributed by atoms with Crippen LogP contribution in [0.2, 0.25) is 0 Å². The van der Waals surface area contributed by atoms with Crippen LogP contribution in [0, 0.1) is 20.2 Å². The average Bonchev–Trinajstić information content (AvgIpc) is 2.77. The quantitative estimate of drug-likeness (QED) is 0.274.